The number of amidine groups is 1. The van der Waals surface area contributed by atoms with Crippen molar-refractivity contribution in [3.63, 3.8) is 0 Å². The maximum Gasteiger partial charge on any atom is 0.293 e. The van der Waals surface area contributed by atoms with Crippen molar-refractivity contribution in [1.82, 2.24) is 4.90 Å². The summed E-state index contributed by atoms with van der Waals surface area (Å²) in [7, 11) is 0. The van der Waals surface area contributed by atoms with Gasteiger partial charge in [-0.15, -0.1) is 0 Å². The first-order chi connectivity index (χ1) is 8.49. The normalized spacial score (nSPS) is 14.3. The highest BCUT2D eigenvalue weighted by Gasteiger charge is 2.24. The van der Waals surface area contributed by atoms with E-state index in [-0.39, 0.29) is 0 Å². The van der Waals surface area contributed by atoms with Crippen LogP contribution in [0.4, 0.5) is 0 Å². The lowest BCUT2D eigenvalue weighted by Crippen LogP contribution is -2.45. The number of hydrogen-bond donors (Lipinski definition) is 0. The van der Waals surface area contributed by atoms with Gasteiger partial charge in [-0.3, -0.25) is 0 Å². The molecule has 0 saturated carbocycles. The van der Waals surface area contributed by atoms with E-state index in [0.29, 0.717) is 24.7 Å². The second-order valence-corrected chi connectivity index (χ2v) is 5.48. The molecule has 0 saturated heterocycles. The Kier molecular flexibility index (Phi) is 3.81. The largest absolute Gasteiger partial charge is 0.426 e. The van der Waals surface area contributed by atoms with Crippen LogP contribution in [0.15, 0.2) is 23.2 Å². The second kappa shape index (κ2) is 5.19. The van der Waals surface area contributed by atoms with E-state index in [9.17, 15) is 0 Å². The molecule has 0 spiro atoms. The van der Waals surface area contributed by atoms with E-state index in [1.165, 1.54) is 0 Å². The SMILES string of the molecule is CC(C)N(C1=NCc2cc(Cl)ccc2O1)C(C)C. The molecule has 1 aliphatic rings. The van der Waals surface area contributed by atoms with Crippen LogP contribution in [0.2, 0.25) is 5.02 Å². The Morgan fingerprint density at radius 2 is 1.89 bits per heavy atom. The van der Waals surface area contributed by atoms with Gasteiger partial charge in [0, 0.05) is 22.7 Å². The molecule has 2 rings (SSSR count). The molecule has 18 heavy (non-hydrogen) atoms. The fraction of sp³-hybridized carbons (Fsp3) is 0.500. The van der Waals surface area contributed by atoms with Gasteiger partial charge in [0.2, 0.25) is 0 Å². The minimum absolute atomic E-state index is 0.359. The number of nitrogens with zero attached hydrogens (tertiary/aromatic N) is 2. The molecule has 0 atom stereocenters. The summed E-state index contributed by atoms with van der Waals surface area (Å²) in [6.45, 7) is 9.19. The average molecular weight is 267 g/mol. The summed E-state index contributed by atoms with van der Waals surface area (Å²) in [5.74, 6) is 0.857. The van der Waals surface area contributed by atoms with Gasteiger partial charge in [0.15, 0.2) is 0 Å². The molecular weight excluding hydrogens is 248 g/mol. The van der Waals surface area contributed by atoms with Gasteiger partial charge in [0.1, 0.15) is 5.75 Å². The van der Waals surface area contributed by atoms with Crippen LogP contribution in [0.5, 0.6) is 5.75 Å². The molecule has 4 heteroatoms. The summed E-state index contributed by atoms with van der Waals surface area (Å²) in [5, 5.41) is 0.723. The monoisotopic (exact) mass is 266 g/mol. The van der Waals surface area contributed by atoms with E-state index < -0.39 is 0 Å². The molecule has 0 N–H and O–H groups in total. The van der Waals surface area contributed by atoms with E-state index in [2.05, 4.69) is 37.6 Å². The van der Waals surface area contributed by atoms with Crippen molar-refractivity contribution in [1.29, 1.82) is 0 Å². The van der Waals surface area contributed by atoms with Crippen molar-refractivity contribution in [2.45, 2.75) is 46.3 Å². The second-order valence-electron chi connectivity index (χ2n) is 5.05. The summed E-state index contributed by atoms with van der Waals surface area (Å²) >= 11 is 5.96. The summed E-state index contributed by atoms with van der Waals surface area (Å²) in [4.78, 5) is 6.69. The van der Waals surface area contributed by atoms with Gasteiger partial charge < -0.3 is 9.64 Å². The van der Waals surface area contributed by atoms with Crippen molar-refractivity contribution in [3.8, 4) is 5.75 Å². The summed E-state index contributed by atoms with van der Waals surface area (Å²) in [6.07, 6.45) is 0. The Morgan fingerprint density at radius 3 is 2.50 bits per heavy atom. The Hall–Kier alpha value is -1.22. The molecular formula is C14H19ClN2O. The fourth-order valence-electron chi connectivity index (χ4n) is 2.23. The number of rotatable bonds is 2. The van der Waals surface area contributed by atoms with Gasteiger partial charge >= 0.3 is 0 Å². The Balaban J connectivity index is 2.25. The highest BCUT2D eigenvalue weighted by molar-refractivity contribution is 6.30. The Bertz CT molecular complexity index is 461. The summed E-state index contributed by atoms with van der Waals surface area (Å²) in [6, 6.07) is 7.08. The molecule has 0 bridgehead atoms. The molecule has 3 nitrogen and oxygen atoms in total. The van der Waals surface area contributed by atoms with Crippen molar-refractivity contribution >= 4 is 17.6 Å². The first-order valence-corrected chi connectivity index (χ1v) is 6.66. The summed E-state index contributed by atoms with van der Waals surface area (Å²) < 4.78 is 5.89. The molecule has 98 valence electrons. The van der Waals surface area contributed by atoms with E-state index in [4.69, 9.17) is 16.3 Å². The number of halogens is 1. The first-order valence-electron chi connectivity index (χ1n) is 6.28. The zero-order valence-electron chi connectivity index (χ0n) is 11.3. The summed E-state index contributed by atoms with van der Waals surface area (Å²) in [5.41, 5.74) is 1.04. The molecule has 0 amide bonds. The molecule has 0 fully saturated rings. The minimum atomic E-state index is 0.359. The molecule has 1 aromatic rings. The maximum absolute atomic E-state index is 5.96. The highest BCUT2D eigenvalue weighted by Crippen LogP contribution is 2.28. The Morgan fingerprint density at radius 1 is 1.22 bits per heavy atom. The van der Waals surface area contributed by atoms with Crippen LogP contribution in [0.25, 0.3) is 0 Å². The van der Waals surface area contributed by atoms with Crippen molar-refractivity contribution in [3.05, 3.63) is 28.8 Å². The smallest absolute Gasteiger partial charge is 0.293 e. The number of hydrogen-bond acceptors (Lipinski definition) is 3. The zero-order valence-corrected chi connectivity index (χ0v) is 12.0. The van der Waals surface area contributed by atoms with Crippen LogP contribution in [0.1, 0.15) is 33.3 Å². The molecule has 1 aromatic carbocycles. The Labute approximate surface area is 113 Å². The third kappa shape index (κ3) is 2.61. The molecule has 1 aliphatic heterocycles. The van der Waals surface area contributed by atoms with E-state index in [1.807, 2.05) is 18.2 Å². The van der Waals surface area contributed by atoms with E-state index in [1.54, 1.807) is 0 Å². The van der Waals surface area contributed by atoms with Crippen LogP contribution in [-0.4, -0.2) is 23.0 Å². The van der Waals surface area contributed by atoms with Gasteiger partial charge in [-0.05, 0) is 45.9 Å². The zero-order chi connectivity index (χ0) is 13.3. The third-order valence-corrected chi connectivity index (χ3v) is 3.18. The average Bonchev–Trinajstić information content (AvgIpc) is 2.28. The predicted octanol–water partition coefficient (Wildman–Crippen LogP) is 3.71. The number of ether oxygens (including phenoxy) is 1. The van der Waals surface area contributed by atoms with Crippen LogP contribution < -0.4 is 4.74 Å². The molecule has 0 unspecified atom stereocenters. The fourth-order valence-corrected chi connectivity index (χ4v) is 2.42. The molecule has 0 aromatic heterocycles. The van der Waals surface area contributed by atoms with Crippen LogP contribution in [0, 0.1) is 0 Å². The maximum atomic E-state index is 5.96. The quantitative estimate of drug-likeness (QED) is 0.815. The lowest BCUT2D eigenvalue weighted by Gasteiger charge is -2.34. The standard InChI is InChI=1S/C14H19ClN2O/c1-9(2)17(10(3)4)14-16-8-11-7-12(15)5-6-13(11)18-14/h5-7,9-10H,8H2,1-4H3. The van der Waals surface area contributed by atoms with Crippen molar-refractivity contribution < 1.29 is 4.74 Å². The van der Waals surface area contributed by atoms with Crippen LogP contribution in [0.3, 0.4) is 0 Å². The lowest BCUT2D eigenvalue weighted by molar-refractivity contribution is 0.240. The molecule has 1 heterocycles. The molecule has 0 radical (unpaired) electrons. The lowest BCUT2D eigenvalue weighted by atomic mass is 10.2. The van der Waals surface area contributed by atoms with Crippen LogP contribution >= 0.6 is 11.6 Å². The topological polar surface area (TPSA) is 24.8 Å². The highest BCUT2D eigenvalue weighted by atomic mass is 35.5. The van der Waals surface area contributed by atoms with Gasteiger partial charge in [0.05, 0.1) is 6.54 Å². The predicted molar refractivity (Wildman–Crippen MR) is 75.3 cm³/mol. The third-order valence-electron chi connectivity index (χ3n) is 2.94. The number of fused-ring (bicyclic) bond motifs is 1. The van der Waals surface area contributed by atoms with Gasteiger partial charge in [-0.2, -0.15) is 0 Å². The van der Waals surface area contributed by atoms with Gasteiger partial charge in [0.25, 0.3) is 6.02 Å². The van der Waals surface area contributed by atoms with E-state index >= 15 is 0 Å². The van der Waals surface area contributed by atoms with Crippen molar-refractivity contribution in [2.75, 3.05) is 0 Å². The van der Waals surface area contributed by atoms with E-state index in [0.717, 1.165) is 16.3 Å². The minimum Gasteiger partial charge on any atom is -0.426 e. The number of aliphatic imine (C=N–C) groups is 1. The molecule has 0 aliphatic carbocycles. The number of benzene rings is 1. The first kappa shape index (κ1) is 13.2. The van der Waals surface area contributed by atoms with Gasteiger partial charge in [-0.1, -0.05) is 11.6 Å². The van der Waals surface area contributed by atoms with Gasteiger partial charge in [-0.25, -0.2) is 4.99 Å². The van der Waals surface area contributed by atoms with Crippen molar-refractivity contribution in [2.24, 2.45) is 4.99 Å². The van der Waals surface area contributed by atoms with Crippen LogP contribution in [-0.2, 0) is 6.54 Å².